The van der Waals surface area contributed by atoms with Gasteiger partial charge >= 0.3 is 5.97 Å². The van der Waals surface area contributed by atoms with E-state index < -0.39 is 7.26 Å². The van der Waals surface area contributed by atoms with E-state index in [1.54, 1.807) is 13.0 Å². The van der Waals surface area contributed by atoms with Crippen LogP contribution in [-0.4, -0.2) is 30.7 Å². The lowest BCUT2D eigenvalue weighted by atomic mass is 10.3. The molecule has 6 heteroatoms. The fraction of sp³-hybridized carbons (Fsp3) is 0.172. The first-order valence-electron chi connectivity index (χ1n) is 11.8. The predicted octanol–water partition coefficient (Wildman–Crippen LogP) is 5.02. The van der Waals surface area contributed by atoms with Crippen molar-refractivity contribution in [1.82, 2.24) is 0 Å². The van der Waals surface area contributed by atoms with Crippen molar-refractivity contribution in [2.75, 3.05) is 18.1 Å². The minimum absolute atomic E-state index is 0.0721. The number of carbonyl (C=O) groups excluding carboxylic acids is 2. The lowest BCUT2D eigenvalue weighted by Crippen LogP contribution is -2.43. The molecule has 1 saturated heterocycles. The van der Waals surface area contributed by atoms with Crippen LogP contribution >= 0.6 is 18.6 Å². The minimum Gasteiger partial charge on any atom is -0.462 e. The fourth-order valence-corrected chi connectivity index (χ4v) is 10.9. The van der Waals surface area contributed by atoms with Gasteiger partial charge < -0.3 is 4.74 Å². The third-order valence-corrected chi connectivity index (χ3v) is 12.2. The number of hydrogen-bond acceptors (Lipinski definition) is 4. The highest BCUT2D eigenvalue weighted by Crippen LogP contribution is 2.62. The second kappa shape index (κ2) is 10.2. The summed E-state index contributed by atoms with van der Waals surface area (Å²) >= 11 is 1.42. The zero-order chi connectivity index (χ0) is 24.3. The maximum Gasteiger partial charge on any atom is 0.341 e. The Balaban J connectivity index is 1.68. The Hall–Kier alpha value is -3.27. The molecule has 3 aromatic carbocycles. The second-order valence-electron chi connectivity index (χ2n) is 8.38. The molecule has 1 fully saturated rings. The summed E-state index contributed by atoms with van der Waals surface area (Å²) in [5.74, 6) is -0.307. The number of nitrogens with zero attached hydrogens (tertiary/aromatic N) is 1. The van der Waals surface area contributed by atoms with Crippen LogP contribution in [-0.2, 0) is 9.53 Å². The van der Waals surface area contributed by atoms with Crippen LogP contribution in [0, 0.1) is 0 Å². The highest BCUT2D eigenvalue weighted by atomic mass is 32.1. The third kappa shape index (κ3) is 4.09. The molecule has 176 valence electrons. The summed E-state index contributed by atoms with van der Waals surface area (Å²) in [4.78, 5) is 28.7. The summed E-state index contributed by atoms with van der Waals surface area (Å²) in [6, 6.07) is 33.2. The third-order valence-electron chi connectivity index (χ3n) is 6.52. The Bertz CT molecular complexity index is 1210. The molecule has 0 radical (unpaired) electrons. The highest BCUT2D eigenvalue weighted by molar-refractivity contribution is 7.97. The van der Waals surface area contributed by atoms with Gasteiger partial charge in [0.05, 0.1) is 12.2 Å². The molecule has 0 bridgehead atoms. The monoisotopic (exact) mass is 500 g/mol. The molecule has 1 aromatic heterocycles. The Morgan fingerprint density at radius 3 is 1.89 bits per heavy atom. The van der Waals surface area contributed by atoms with E-state index in [9.17, 15) is 9.59 Å². The van der Waals surface area contributed by atoms with Crippen molar-refractivity contribution in [2.24, 2.45) is 0 Å². The summed E-state index contributed by atoms with van der Waals surface area (Å²) in [5.41, 5.74) is 0.237. The number of esters is 1. The van der Waals surface area contributed by atoms with E-state index in [1.165, 1.54) is 27.3 Å². The maximum atomic E-state index is 14.3. The van der Waals surface area contributed by atoms with Gasteiger partial charge in [-0.05, 0) is 54.8 Å². The summed E-state index contributed by atoms with van der Waals surface area (Å²) in [5, 5.41) is 6.11. The Morgan fingerprint density at radius 1 is 0.886 bits per heavy atom. The summed E-state index contributed by atoms with van der Waals surface area (Å²) in [6.07, 6.45) is 0.714. The van der Waals surface area contributed by atoms with Gasteiger partial charge in [-0.3, -0.25) is 9.69 Å². The molecule has 1 atom stereocenters. The van der Waals surface area contributed by atoms with Crippen LogP contribution in [0.4, 0.5) is 5.00 Å². The van der Waals surface area contributed by atoms with Gasteiger partial charge in [0.15, 0.2) is 5.66 Å². The van der Waals surface area contributed by atoms with E-state index in [0.717, 1.165) is 0 Å². The maximum absolute atomic E-state index is 14.3. The molecule has 0 aliphatic carbocycles. The lowest BCUT2D eigenvalue weighted by molar-refractivity contribution is -0.116. The van der Waals surface area contributed by atoms with Gasteiger partial charge in [0.1, 0.15) is 28.2 Å². The van der Waals surface area contributed by atoms with Crippen molar-refractivity contribution >= 4 is 51.4 Å². The van der Waals surface area contributed by atoms with Crippen molar-refractivity contribution in [2.45, 2.75) is 19.0 Å². The van der Waals surface area contributed by atoms with Gasteiger partial charge in [-0.2, -0.15) is 0 Å². The number of hydrogen-bond donors (Lipinski definition) is 0. The van der Waals surface area contributed by atoms with Gasteiger partial charge in [0.25, 0.3) is 5.91 Å². The smallest absolute Gasteiger partial charge is 0.341 e. The first-order valence-corrected chi connectivity index (χ1v) is 14.5. The Morgan fingerprint density at radius 2 is 1.40 bits per heavy atom. The first kappa shape index (κ1) is 23.5. The van der Waals surface area contributed by atoms with Crippen molar-refractivity contribution in [3.05, 3.63) is 108 Å². The van der Waals surface area contributed by atoms with Crippen molar-refractivity contribution < 1.29 is 14.3 Å². The van der Waals surface area contributed by atoms with Crippen LogP contribution in [0.15, 0.2) is 102 Å². The van der Waals surface area contributed by atoms with Crippen LogP contribution in [0.5, 0.6) is 0 Å². The average molecular weight is 501 g/mol. The standard InChI is InChI=1S/C29H27NO3PS/c1-2-33-29(32)25-19-21-35-28(25)30-20-18-26(27(30)31)34(22-12-6-3-7-13-22,23-14-8-4-9-15-23)24-16-10-5-11-17-24/h3-17,19,21,26H,2,18,20H2,1H3/q+1/t26-/m1/s1. The van der Waals surface area contributed by atoms with Crippen LogP contribution in [0.3, 0.4) is 0 Å². The molecule has 5 rings (SSSR count). The van der Waals surface area contributed by atoms with E-state index in [4.69, 9.17) is 4.74 Å². The number of anilines is 1. The van der Waals surface area contributed by atoms with E-state index in [1.807, 2.05) is 28.5 Å². The predicted molar refractivity (Wildman–Crippen MR) is 146 cm³/mol. The Labute approximate surface area is 210 Å². The molecule has 1 aliphatic heterocycles. The molecule has 0 unspecified atom stereocenters. The molecule has 4 aromatic rings. The van der Waals surface area contributed by atoms with Gasteiger partial charge in [-0.15, -0.1) is 11.3 Å². The van der Waals surface area contributed by atoms with Crippen LogP contribution in [0.1, 0.15) is 23.7 Å². The molecule has 4 nitrogen and oxygen atoms in total. The number of benzene rings is 3. The normalized spacial score (nSPS) is 15.9. The number of carbonyl (C=O) groups is 2. The largest absolute Gasteiger partial charge is 0.462 e. The second-order valence-corrected chi connectivity index (χ2v) is 12.9. The molecule has 0 saturated carbocycles. The van der Waals surface area contributed by atoms with Crippen molar-refractivity contribution in [1.29, 1.82) is 0 Å². The van der Waals surface area contributed by atoms with E-state index in [0.29, 0.717) is 30.1 Å². The van der Waals surface area contributed by atoms with Gasteiger partial charge in [0, 0.05) is 13.0 Å². The first-order chi connectivity index (χ1) is 17.2. The molecule has 35 heavy (non-hydrogen) atoms. The average Bonchev–Trinajstić information content (AvgIpc) is 3.54. The van der Waals surface area contributed by atoms with Gasteiger partial charge in [-0.25, -0.2) is 4.79 Å². The minimum atomic E-state index is -2.35. The molecule has 0 spiro atoms. The fourth-order valence-electron chi connectivity index (χ4n) is 5.08. The number of thiophene rings is 1. The lowest BCUT2D eigenvalue weighted by Gasteiger charge is -2.31. The SMILES string of the molecule is CCOC(=O)c1ccsc1N1CC[C@@H]([P+](c2ccccc2)(c2ccccc2)c2ccccc2)C1=O. The summed E-state index contributed by atoms with van der Waals surface area (Å²) < 4.78 is 5.26. The topological polar surface area (TPSA) is 46.6 Å². The van der Waals surface area contributed by atoms with Crippen LogP contribution in [0.2, 0.25) is 0 Å². The van der Waals surface area contributed by atoms with Gasteiger partial charge in [-0.1, -0.05) is 54.6 Å². The molecule has 1 aliphatic rings. The molecule has 2 heterocycles. The molecule has 0 N–H and O–H groups in total. The zero-order valence-corrected chi connectivity index (χ0v) is 21.3. The van der Waals surface area contributed by atoms with Crippen molar-refractivity contribution in [3.63, 3.8) is 0 Å². The quantitative estimate of drug-likeness (QED) is 0.264. The highest BCUT2D eigenvalue weighted by Gasteiger charge is 2.59. The summed E-state index contributed by atoms with van der Waals surface area (Å²) in [6.45, 7) is 2.67. The summed E-state index contributed by atoms with van der Waals surface area (Å²) in [7, 11) is -2.35. The van der Waals surface area contributed by atoms with Crippen molar-refractivity contribution in [3.8, 4) is 0 Å². The molecular formula is C29H27NO3PS+. The van der Waals surface area contributed by atoms with Crippen LogP contribution in [0.25, 0.3) is 0 Å². The number of rotatable bonds is 7. The number of ether oxygens (including phenoxy) is 1. The van der Waals surface area contributed by atoms with E-state index >= 15 is 0 Å². The Kier molecular flexibility index (Phi) is 6.81. The number of amides is 1. The van der Waals surface area contributed by atoms with Gasteiger partial charge in [0.2, 0.25) is 0 Å². The van der Waals surface area contributed by atoms with E-state index in [-0.39, 0.29) is 17.5 Å². The molecular weight excluding hydrogens is 473 g/mol. The van der Waals surface area contributed by atoms with E-state index in [2.05, 4.69) is 72.8 Å². The molecule has 1 amide bonds. The zero-order valence-electron chi connectivity index (χ0n) is 19.5. The van der Waals surface area contributed by atoms with Crippen LogP contribution < -0.4 is 20.8 Å².